The van der Waals surface area contributed by atoms with Gasteiger partial charge in [0.25, 0.3) is 0 Å². The molecule has 0 spiro atoms. The molecule has 0 aliphatic carbocycles. The molecule has 0 amide bonds. The lowest BCUT2D eigenvalue weighted by molar-refractivity contribution is 0.687. The summed E-state index contributed by atoms with van der Waals surface area (Å²) < 4.78 is 3.86. The minimum Gasteiger partial charge on any atom is -0.302 e. The largest absolute Gasteiger partial charge is 0.302 e. The van der Waals surface area contributed by atoms with Gasteiger partial charge < -0.3 is 4.57 Å². The summed E-state index contributed by atoms with van der Waals surface area (Å²) in [5, 5.41) is 21.5. The van der Waals surface area contributed by atoms with E-state index in [1.165, 1.54) is 5.56 Å². The second kappa shape index (κ2) is 7.49. The SMILES string of the molecule is Cc1nnc(SCc2nnnn2-c2ccccc2)n1Cc1ccccc1. The fraction of sp³-hybridized carbons (Fsp3) is 0.167. The van der Waals surface area contributed by atoms with Crippen molar-refractivity contribution in [1.29, 1.82) is 0 Å². The molecule has 0 unspecified atom stereocenters. The van der Waals surface area contributed by atoms with Crippen molar-refractivity contribution < 1.29 is 0 Å². The van der Waals surface area contributed by atoms with Crippen LogP contribution in [-0.4, -0.2) is 35.0 Å². The first kappa shape index (κ1) is 16.5. The van der Waals surface area contributed by atoms with E-state index in [-0.39, 0.29) is 0 Å². The molecule has 2 aromatic heterocycles. The molecule has 0 N–H and O–H groups in total. The number of thioether (sulfide) groups is 1. The molecule has 26 heavy (non-hydrogen) atoms. The van der Waals surface area contributed by atoms with Gasteiger partial charge in [-0.25, -0.2) is 0 Å². The van der Waals surface area contributed by atoms with Crippen LogP contribution in [0.1, 0.15) is 17.2 Å². The van der Waals surface area contributed by atoms with E-state index in [1.807, 2.05) is 55.5 Å². The average molecular weight is 363 g/mol. The first-order chi connectivity index (χ1) is 12.8. The zero-order chi connectivity index (χ0) is 17.8. The van der Waals surface area contributed by atoms with Gasteiger partial charge >= 0.3 is 0 Å². The number of para-hydroxylation sites is 1. The highest BCUT2D eigenvalue weighted by Crippen LogP contribution is 2.22. The number of hydrogen-bond acceptors (Lipinski definition) is 6. The molecule has 0 aliphatic rings. The maximum atomic E-state index is 4.31. The van der Waals surface area contributed by atoms with Gasteiger partial charge in [0.1, 0.15) is 5.82 Å². The topological polar surface area (TPSA) is 74.3 Å². The maximum Gasteiger partial charge on any atom is 0.191 e. The van der Waals surface area contributed by atoms with Gasteiger partial charge in [-0.15, -0.1) is 15.3 Å². The first-order valence-electron chi connectivity index (χ1n) is 8.20. The van der Waals surface area contributed by atoms with Crippen LogP contribution in [0.5, 0.6) is 0 Å². The van der Waals surface area contributed by atoms with Gasteiger partial charge in [-0.2, -0.15) is 4.68 Å². The molecule has 4 aromatic rings. The van der Waals surface area contributed by atoms with Crippen molar-refractivity contribution in [2.24, 2.45) is 0 Å². The predicted octanol–water partition coefficient (Wildman–Crippen LogP) is 2.90. The van der Waals surface area contributed by atoms with Crippen LogP contribution in [0, 0.1) is 6.92 Å². The van der Waals surface area contributed by atoms with E-state index in [2.05, 4.69) is 42.4 Å². The van der Waals surface area contributed by atoms with Crippen LogP contribution >= 0.6 is 11.8 Å². The highest BCUT2D eigenvalue weighted by molar-refractivity contribution is 7.98. The predicted molar refractivity (Wildman–Crippen MR) is 99.0 cm³/mol. The second-order valence-electron chi connectivity index (χ2n) is 5.73. The zero-order valence-electron chi connectivity index (χ0n) is 14.2. The number of rotatable bonds is 6. The van der Waals surface area contributed by atoms with Crippen LogP contribution in [-0.2, 0) is 12.3 Å². The Hall–Kier alpha value is -3.00. The minimum atomic E-state index is 0.606. The van der Waals surface area contributed by atoms with E-state index >= 15 is 0 Å². The number of aryl methyl sites for hydroxylation is 1. The van der Waals surface area contributed by atoms with Crippen LogP contribution in [0.4, 0.5) is 0 Å². The van der Waals surface area contributed by atoms with Crippen molar-refractivity contribution >= 4 is 11.8 Å². The number of nitrogens with zero attached hydrogens (tertiary/aromatic N) is 7. The molecule has 4 rings (SSSR count). The summed E-state index contributed by atoms with van der Waals surface area (Å²) in [5.41, 5.74) is 2.15. The maximum absolute atomic E-state index is 4.31. The fourth-order valence-electron chi connectivity index (χ4n) is 2.61. The molecular formula is C18H17N7S. The Morgan fingerprint density at radius 1 is 0.885 bits per heavy atom. The summed E-state index contributed by atoms with van der Waals surface area (Å²) in [4.78, 5) is 0. The lowest BCUT2D eigenvalue weighted by Crippen LogP contribution is -2.05. The van der Waals surface area contributed by atoms with Crippen molar-refractivity contribution in [3.05, 3.63) is 77.9 Å². The third-order valence-electron chi connectivity index (χ3n) is 3.95. The molecule has 0 fully saturated rings. The van der Waals surface area contributed by atoms with E-state index in [4.69, 9.17) is 0 Å². The van der Waals surface area contributed by atoms with Gasteiger partial charge in [-0.05, 0) is 35.0 Å². The van der Waals surface area contributed by atoms with Crippen LogP contribution in [0.25, 0.3) is 5.69 Å². The van der Waals surface area contributed by atoms with Gasteiger partial charge in [0.2, 0.25) is 0 Å². The summed E-state index contributed by atoms with van der Waals surface area (Å²) in [5.74, 6) is 2.27. The van der Waals surface area contributed by atoms with Crippen molar-refractivity contribution in [3.63, 3.8) is 0 Å². The van der Waals surface area contributed by atoms with Crippen molar-refractivity contribution in [2.75, 3.05) is 0 Å². The number of hydrogen-bond donors (Lipinski definition) is 0. The van der Waals surface area contributed by atoms with E-state index in [9.17, 15) is 0 Å². The van der Waals surface area contributed by atoms with E-state index < -0.39 is 0 Å². The Balaban J connectivity index is 1.52. The fourth-order valence-corrected chi connectivity index (χ4v) is 3.50. The molecule has 0 saturated heterocycles. The molecule has 8 heteroatoms. The summed E-state index contributed by atoms with van der Waals surface area (Å²) in [6.07, 6.45) is 0. The van der Waals surface area contributed by atoms with Crippen LogP contribution in [0.15, 0.2) is 65.8 Å². The van der Waals surface area contributed by atoms with Crippen molar-refractivity contribution in [3.8, 4) is 5.69 Å². The quantitative estimate of drug-likeness (QED) is 0.490. The van der Waals surface area contributed by atoms with Gasteiger partial charge in [0.05, 0.1) is 18.0 Å². The normalized spacial score (nSPS) is 11.0. The molecule has 7 nitrogen and oxygen atoms in total. The number of benzene rings is 2. The van der Waals surface area contributed by atoms with E-state index in [1.54, 1.807) is 16.4 Å². The zero-order valence-corrected chi connectivity index (χ0v) is 15.0. The first-order valence-corrected chi connectivity index (χ1v) is 9.19. The summed E-state index contributed by atoms with van der Waals surface area (Å²) in [7, 11) is 0. The van der Waals surface area contributed by atoms with Crippen molar-refractivity contribution in [2.45, 2.75) is 24.4 Å². The Bertz CT molecular complexity index is 979. The van der Waals surface area contributed by atoms with Crippen LogP contribution in [0.3, 0.4) is 0 Å². The Morgan fingerprint density at radius 3 is 2.38 bits per heavy atom. The highest BCUT2D eigenvalue weighted by Gasteiger charge is 2.14. The van der Waals surface area contributed by atoms with Gasteiger partial charge in [0.15, 0.2) is 11.0 Å². The molecule has 2 aromatic carbocycles. The minimum absolute atomic E-state index is 0.606. The molecule has 0 atom stereocenters. The van der Waals surface area contributed by atoms with Crippen molar-refractivity contribution in [1.82, 2.24) is 35.0 Å². The third-order valence-corrected chi connectivity index (χ3v) is 4.91. The van der Waals surface area contributed by atoms with Gasteiger partial charge in [-0.3, -0.25) is 0 Å². The summed E-state index contributed by atoms with van der Waals surface area (Å²) >= 11 is 1.58. The Morgan fingerprint density at radius 2 is 1.62 bits per heavy atom. The summed E-state index contributed by atoms with van der Waals surface area (Å²) in [6.45, 7) is 2.71. The lowest BCUT2D eigenvalue weighted by atomic mass is 10.2. The Kier molecular flexibility index (Phi) is 4.74. The molecule has 0 radical (unpaired) electrons. The molecule has 0 saturated carbocycles. The van der Waals surface area contributed by atoms with Crippen LogP contribution < -0.4 is 0 Å². The Labute approximate surface area is 155 Å². The third kappa shape index (κ3) is 3.50. The smallest absolute Gasteiger partial charge is 0.191 e. The van der Waals surface area contributed by atoms with E-state index in [0.717, 1.165) is 29.0 Å². The number of tetrazole rings is 1. The molecule has 0 aliphatic heterocycles. The van der Waals surface area contributed by atoms with E-state index in [0.29, 0.717) is 5.75 Å². The summed E-state index contributed by atoms with van der Waals surface area (Å²) in [6, 6.07) is 20.2. The molecule has 2 heterocycles. The van der Waals surface area contributed by atoms with Gasteiger partial charge in [0, 0.05) is 0 Å². The van der Waals surface area contributed by atoms with Crippen LogP contribution in [0.2, 0.25) is 0 Å². The molecular weight excluding hydrogens is 346 g/mol. The lowest BCUT2D eigenvalue weighted by Gasteiger charge is -2.08. The monoisotopic (exact) mass is 363 g/mol. The molecule has 0 bridgehead atoms. The average Bonchev–Trinajstić information content (AvgIpc) is 3.29. The number of aromatic nitrogens is 7. The second-order valence-corrected chi connectivity index (χ2v) is 6.68. The standard InChI is InChI=1S/C18H17N7S/c1-14-19-21-18(24(14)12-15-8-4-2-5-9-15)26-13-17-20-22-23-25(17)16-10-6-3-7-11-16/h2-11H,12-13H2,1H3. The highest BCUT2D eigenvalue weighted by atomic mass is 32.2. The molecule has 130 valence electrons. The van der Waals surface area contributed by atoms with Gasteiger partial charge in [-0.1, -0.05) is 60.3 Å².